The minimum Gasteiger partial charge on any atom is -0.491 e. The Morgan fingerprint density at radius 3 is 2.88 bits per heavy atom. The van der Waals surface area contributed by atoms with Crippen molar-refractivity contribution in [3.8, 4) is 11.8 Å². The topological polar surface area (TPSA) is 59.3 Å². The zero-order valence-electron chi connectivity index (χ0n) is 9.40. The van der Waals surface area contributed by atoms with Crippen molar-refractivity contribution >= 4 is 5.97 Å². The van der Waals surface area contributed by atoms with Gasteiger partial charge in [-0.25, -0.2) is 4.39 Å². The summed E-state index contributed by atoms with van der Waals surface area (Å²) in [7, 11) is 1.31. The molecule has 0 aromatic heterocycles. The quantitative estimate of drug-likeness (QED) is 0.580. The summed E-state index contributed by atoms with van der Waals surface area (Å²) in [5.74, 6) is -0.829. The van der Waals surface area contributed by atoms with E-state index in [0.717, 1.165) is 6.07 Å². The molecule has 0 bridgehead atoms. The predicted molar refractivity (Wildman–Crippen MR) is 57.9 cm³/mol. The van der Waals surface area contributed by atoms with Crippen LogP contribution < -0.4 is 4.74 Å². The molecular formula is C12H12FNO3. The second-order valence-corrected chi connectivity index (χ2v) is 3.29. The molecule has 0 spiro atoms. The number of hydrogen-bond acceptors (Lipinski definition) is 4. The van der Waals surface area contributed by atoms with Crippen LogP contribution in [0.4, 0.5) is 4.39 Å². The van der Waals surface area contributed by atoms with E-state index in [1.54, 1.807) is 0 Å². The highest BCUT2D eigenvalue weighted by Crippen LogP contribution is 2.18. The van der Waals surface area contributed by atoms with Crippen molar-refractivity contribution in [2.24, 2.45) is 0 Å². The lowest BCUT2D eigenvalue weighted by atomic mass is 10.2. The molecule has 0 unspecified atom stereocenters. The number of carbonyl (C=O) groups is 1. The van der Waals surface area contributed by atoms with E-state index in [4.69, 9.17) is 10.00 Å². The molecule has 1 rings (SSSR count). The summed E-state index contributed by atoms with van der Waals surface area (Å²) < 4.78 is 22.9. The molecular weight excluding hydrogens is 225 g/mol. The number of esters is 1. The number of rotatable bonds is 5. The summed E-state index contributed by atoms with van der Waals surface area (Å²) in [4.78, 5) is 10.8. The van der Waals surface area contributed by atoms with Gasteiger partial charge in [-0.1, -0.05) is 0 Å². The number of ether oxygens (including phenoxy) is 2. The van der Waals surface area contributed by atoms with Gasteiger partial charge >= 0.3 is 5.97 Å². The summed E-state index contributed by atoms with van der Waals surface area (Å²) in [5, 5.41) is 8.55. The minimum atomic E-state index is -0.581. The SMILES string of the molecule is COC(=O)CCCOc1ccc(C#N)cc1F. The molecule has 0 aliphatic heterocycles. The zero-order valence-corrected chi connectivity index (χ0v) is 9.40. The monoisotopic (exact) mass is 237 g/mol. The zero-order chi connectivity index (χ0) is 12.7. The highest BCUT2D eigenvalue weighted by Gasteiger charge is 2.05. The van der Waals surface area contributed by atoms with E-state index in [0.29, 0.717) is 6.42 Å². The Kier molecular flexibility index (Phi) is 4.95. The molecule has 4 nitrogen and oxygen atoms in total. The molecule has 17 heavy (non-hydrogen) atoms. The van der Waals surface area contributed by atoms with E-state index < -0.39 is 5.82 Å². The van der Waals surface area contributed by atoms with E-state index in [9.17, 15) is 9.18 Å². The molecule has 0 amide bonds. The summed E-state index contributed by atoms with van der Waals surface area (Å²) in [6.45, 7) is 0.220. The van der Waals surface area contributed by atoms with Gasteiger partial charge in [0.1, 0.15) is 0 Å². The van der Waals surface area contributed by atoms with Crippen LogP contribution in [-0.2, 0) is 9.53 Å². The standard InChI is InChI=1S/C12H12FNO3/c1-16-12(15)3-2-6-17-11-5-4-9(8-14)7-10(11)13/h4-5,7H,2-3,6H2,1H3. The van der Waals surface area contributed by atoms with Crippen LogP contribution in [0.3, 0.4) is 0 Å². The van der Waals surface area contributed by atoms with Gasteiger partial charge in [-0.05, 0) is 24.6 Å². The van der Waals surface area contributed by atoms with Crippen molar-refractivity contribution in [1.29, 1.82) is 5.26 Å². The molecule has 0 saturated heterocycles. The van der Waals surface area contributed by atoms with Gasteiger partial charge in [-0.15, -0.1) is 0 Å². The molecule has 0 heterocycles. The Morgan fingerprint density at radius 1 is 1.53 bits per heavy atom. The molecule has 1 aromatic rings. The third kappa shape index (κ3) is 4.11. The molecule has 0 saturated carbocycles. The molecule has 0 atom stereocenters. The lowest BCUT2D eigenvalue weighted by molar-refractivity contribution is -0.140. The number of nitriles is 1. The highest BCUT2D eigenvalue weighted by molar-refractivity contribution is 5.69. The van der Waals surface area contributed by atoms with Gasteiger partial charge in [0.15, 0.2) is 11.6 Å². The largest absolute Gasteiger partial charge is 0.491 e. The van der Waals surface area contributed by atoms with Crippen LogP contribution in [0, 0.1) is 17.1 Å². The van der Waals surface area contributed by atoms with Gasteiger partial charge < -0.3 is 9.47 Å². The number of nitrogens with zero attached hydrogens (tertiary/aromatic N) is 1. The number of benzene rings is 1. The first-order valence-electron chi connectivity index (χ1n) is 5.06. The Labute approximate surface area is 98.6 Å². The summed E-state index contributed by atoms with van der Waals surface area (Å²) >= 11 is 0. The van der Waals surface area contributed by atoms with Crippen LogP contribution >= 0.6 is 0 Å². The average molecular weight is 237 g/mol. The normalized spacial score (nSPS) is 9.47. The predicted octanol–water partition coefficient (Wildman–Crippen LogP) is 2.03. The van der Waals surface area contributed by atoms with E-state index >= 15 is 0 Å². The van der Waals surface area contributed by atoms with Gasteiger partial charge in [0.2, 0.25) is 0 Å². The van der Waals surface area contributed by atoms with Crippen LogP contribution in [0.1, 0.15) is 18.4 Å². The minimum absolute atomic E-state index is 0.0777. The van der Waals surface area contributed by atoms with E-state index in [2.05, 4.69) is 4.74 Å². The fourth-order valence-corrected chi connectivity index (χ4v) is 1.19. The number of halogens is 1. The first kappa shape index (κ1) is 13.0. The lowest BCUT2D eigenvalue weighted by Crippen LogP contribution is -2.05. The summed E-state index contributed by atoms with van der Waals surface area (Å²) in [6.07, 6.45) is 0.681. The second-order valence-electron chi connectivity index (χ2n) is 3.29. The fourth-order valence-electron chi connectivity index (χ4n) is 1.19. The lowest BCUT2D eigenvalue weighted by Gasteiger charge is -2.06. The molecule has 1 aromatic carbocycles. The van der Waals surface area contributed by atoms with E-state index in [1.807, 2.05) is 6.07 Å². The molecule has 90 valence electrons. The Morgan fingerprint density at radius 2 is 2.29 bits per heavy atom. The Hall–Kier alpha value is -2.09. The van der Waals surface area contributed by atoms with Crippen LogP contribution in [0.2, 0.25) is 0 Å². The number of hydrogen-bond donors (Lipinski definition) is 0. The molecule has 0 fully saturated rings. The second kappa shape index (κ2) is 6.48. The highest BCUT2D eigenvalue weighted by atomic mass is 19.1. The van der Waals surface area contributed by atoms with E-state index in [-0.39, 0.29) is 30.3 Å². The van der Waals surface area contributed by atoms with Crippen molar-refractivity contribution in [3.05, 3.63) is 29.6 Å². The van der Waals surface area contributed by atoms with Gasteiger partial charge in [-0.2, -0.15) is 5.26 Å². The van der Waals surface area contributed by atoms with Crippen molar-refractivity contribution in [3.63, 3.8) is 0 Å². The Balaban J connectivity index is 2.42. The first-order chi connectivity index (χ1) is 8.17. The summed E-state index contributed by atoms with van der Waals surface area (Å²) in [6, 6.07) is 5.80. The van der Waals surface area contributed by atoms with Crippen molar-refractivity contribution < 1.29 is 18.7 Å². The van der Waals surface area contributed by atoms with Gasteiger partial charge in [-0.3, -0.25) is 4.79 Å². The maximum absolute atomic E-state index is 13.3. The average Bonchev–Trinajstić information content (AvgIpc) is 2.35. The molecule has 0 radical (unpaired) electrons. The third-order valence-electron chi connectivity index (χ3n) is 2.07. The fraction of sp³-hybridized carbons (Fsp3) is 0.333. The smallest absolute Gasteiger partial charge is 0.305 e. The van der Waals surface area contributed by atoms with Crippen LogP contribution in [-0.4, -0.2) is 19.7 Å². The maximum Gasteiger partial charge on any atom is 0.305 e. The maximum atomic E-state index is 13.3. The molecule has 0 aliphatic carbocycles. The van der Waals surface area contributed by atoms with Crippen molar-refractivity contribution in [2.75, 3.05) is 13.7 Å². The number of carbonyl (C=O) groups excluding carboxylic acids is 1. The van der Waals surface area contributed by atoms with Crippen LogP contribution in [0.25, 0.3) is 0 Å². The van der Waals surface area contributed by atoms with Crippen molar-refractivity contribution in [2.45, 2.75) is 12.8 Å². The molecule has 0 N–H and O–H groups in total. The van der Waals surface area contributed by atoms with Crippen LogP contribution in [0.15, 0.2) is 18.2 Å². The van der Waals surface area contributed by atoms with Gasteiger partial charge in [0.05, 0.1) is 25.3 Å². The Bertz CT molecular complexity index is 440. The molecule has 5 heteroatoms. The van der Waals surface area contributed by atoms with E-state index in [1.165, 1.54) is 19.2 Å². The van der Waals surface area contributed by atoms with Crippen LogP contribution in [0.5, 0.6) is 5.75 Å². The molecule has 0 aliphatic rings. The van der Waals surface area contributed by atoms with Gasteiger partial charge in [0.25, 0.3) is 0 Å². The van der Waals surface area contributed by atoms with Crippen molar-refractivity contribution in [1.82, 2.24) is 0 Å². The van der Waals surface area contributed by atoms with Gasteiger partial charge in [0, 0.05) is 6.42 Å². The number of methoxy groups -OCH3 is 1. The first-order valence-corrected chi connectivity index (χ1v) is 5.06. The summed E-state index contributed by atoms with van der Waals surface area (Å²) in [5.41, 5.74) is 0.240. The third-order valence-corrected chi connectivity index (χ3v) is 2.07.